The molecule has 0 saturated heterocycles. The highest BCUT2D eigenvalue weighted by molar-refractivity contribution is 5.74. The van der Waals surface area contributed by atoms with Crippen LogP contribution in [0.2, 0.25) is 0 Å². The highest BCUT2D eigenvalue weighted by Gasteiger charge is 1.99. The Bertz CT molecular complexity index is 318. The van der Waals surface area contributed by atoms with E-state index >= 15 is 0 Å². The summed E-state index contributed by atoms with van der Waals surface area (Å²) < 4.78 is 24.8. The van der Waals surface area contributed by atoms with E-state index in [1.807, 2.05) is 0 Å². The van der Waals surface area contributed by atoms with E-state index in [1.165, 1.54) is 18.4 Å². The molecule has 0 aromatic heterocycles. The lowest BCUT2D eigenvalue weighted by Crippen LogP contribution is -1.83. The van der Waals surface area contributed by atoms with Crippen LogP contribution in [0.15, 0.2) is 24.3 Å². The van der Waals surface area contributed by atoms with Gasteiger partial charge in [0.05, 0.1) is 0 Å². The Morgan fingerprint density at radius 2 is 2.00 bits per heavy atom. The molecule has 3 heteroatoms. The minimum atomic E-state index is -0.928. The van der Waals surface area contributed by atoms with Gasteiger partial charge in [-0.1, -0.05) is 12.1 Å². The Morgan fingerprint density at radius 3 is 2.58 bits per heavy atom. The summed E-state index contributed by atoms with van der Waals surface area (Å²) in [5.74, 6) is -1.83. The Labute approximate surface area is 68.3 Å². The average molecular weight is 167 g/mol. The zero-order valence-corrected chi connectivity index (χ0v) is 6.05. The van der Waals surface area contributed by atoms with Crippen molar-refractivity contribution in [3.05, 3.63) is 41.5 Å². The fourth-order valence-corrected chi connectivity index (χ4v) is 0.746. The number of halogens is 2. The second-order valence-electron chi connectivity index (χ2n) is 2.12. The molecule has 1 aromatic rings. The summed E-state index contributed by atoms with van der Waals surface area (Å²) in [6.45, 7) is 0. The summed E-state index contributed by atoms with van der Waals surface area (Å²) in [5.41, 5.74) is 0.428. The van der Waals surface area contributed by atoms with E-state index in [2.05, 4.69) is 0 Å². The van der Waals surface area contributed by atoms with Crippen molar-refractivity contribution in [2.45, 2.75) is 0 Å². The van der Waals surface area contributed by atoms with Gasteiger partial charge in [-0.25, -0.2) is 8.78 Å². The molecule has 1 rings (SSSR count). The number of carbonyl (C=O) groups excluding carboxylic acids is 1. The Hall–Kier alpha value is -1.51. The lowest BCUT2D eigenvalue weighted by Gasteiger charge is -1.93. The Balaban J connectivity index is 2.96. The maximum atomic E-state index is 12.5. The third kappa shape index (κ3) is 1.99. The highest BCUT2D eigenvalue weighted by Crippen LogP contribution is 2.09. The lowest BCUT2D eigenvalue weighted by atomic mass is 10.2. The van der Waals surface area contributed by atoms with Crippen molar-refractivity contribution in [3.63, 3.8) is 0 Å². The van der Waals surface area contributed by atoms with Gasteiger partial charge in [0.15, 0.2) is 11.6 Å². The van der Waals surface area contributed by atoms with Gasteiger partial charge in [-0.15, -0.1) is 0 Å². The number of rotatable bonds is 2. The summed E-state index contributed by atoms with van der Waals surface area (Å²) in [5, 5.41) is 0. The van der Waals surface area contributed by atoms with Gasteiger partial charge < -0.3 is 0 Å². The maximum absolute atomic E-state index is 12.5. The van der Waals surface area contributed by atoms with Crippen LogP contribution >= 0.6 is 0 Å². The third-order valence-electron chi connectivity index (χ3n) is 1.29. The summed E-state index contributed by atoms with van der Waals surface area (Å²) in [6.07, 6.45) is 3.94. The summed E-state index contributed by atoms with van der Waals surface area (Å²) in [7, 11) is 0. The van der Waals surface area contributed by atoms with Gasteiger partial charge in [0.2, 0.25) is 6.29 Å². The number of hydrogen-bond donors (Lipinski definition) is 0. The second-order valence-corrected chi connectivity index (χ2v) is 2.12. The normalized spacial score (nSPS) is 10.5. The van der Waals surface area contributed by atoms with E-state index in [-0.39, 0.29) is 0 Å². The predicted octanol–water partition coefficient (Wildman–Crippen LogP) is 2.09. The van der Waals surface area contributed by atoms with Crippen LogP contribution in [-0.2, 0) is 4.79 Å². The van der Waals surface area contributed by atoms with Crippen LogP contribution in [-0.4, -0.2) is 6.29 Å². The van der Waals surface area contributed by atoms with Gasteiger partial charge in [-0.05, 0) is 23.8 Å². The first-order chi connectivity index (χ1) is 5.74. The van der Waals surface area contributed by atoms with Crippen LogP contribution in [0.3, 0.4) is 0 Å². The monoisotopic (exact) mass is 167 g/mol. The molecule has 0 aliphatic rings. The first-order valence-corrected chi connectivity index (χ1v) is 3.23. The fraction of sp³-hybridized carbons (Fsp3) is 0. The molecule has 0 spiro atoms. The molecule has 0 bridgehead atoms. The van der Waals surface area contributed by atoms with Gasteiger partial charge in [0, 0.05) is 0 Å². The molecule has 0 fully saturated rings. The molecule has 0 N–H and O–H groups in total. The van der Waals surface area contributed by atoms with Gasteiger partial charge in [0.1, 0.15) is 0 Å². The summed E-state index contributed by atoms with van der Waals surface area (Å²) in [4.78, 5) is 9.75. The highest BCUT2D eigenvalue weighted by atomic mass is 19.2. The van der Waals surface area contributed by atoms with Crippen LogP contribution in [0.1, 0.15) is 5.56 Å². The lowest BCUT2D eigenvalue weighted by molar-refractivity contribution is 0.508. The van der Waals surface area contributed by atoms with E-state index in [9.17, 15) is 13.6 Å². The molecule has 12 heavy (non-hydrogen) atoms. The van der Waals surface area contributed by atoms with Crippen molar-refractivity contribution in [1.29, 1.82) is 0 Å². The molecular formula is C9H5F2O. The van der Waals surface area contributed by atoms with Crippen LogP contribution in [0, 0.1) is 11.6 Å². The van der Waals surface area contributed by atoms with Crippen molar-refractivity contribution in [2.75, 3.05) is 0 Å². The zero-order chi connectivity index (χ0) is 8.97. The van der Waals surface area contributed by atoms with E-state index in [0.29, 0.717) is 5.56 Å². The molecule has 0 amide bonds. The summed E-state index contributed by atoms with van der Waals surface area (Å²) in [6, 6.07) is 3.37. The standard InChI is InChI=1S/C9H5F2O/c10-8-4-3-7(2-1-5-12)6-9(8)11/h1-4,6H/b2-1+. The van der Waals surface area contributed by atoms with Crippen LogP contribution in [0.5, 0.6) is 0 Å². The van der Waals surface area contributed by atoms with Crippen molar-refractivity contribution in [2.24, 2.45) is 0 Å². The molecule has 1 nitrogen and oxygen atoms in total. The van der Waals surface area contributed by atoms with Gasteiger partial charge >= 0.3 is 0 Å². The number of benzene rings is 1. The quantitative estimate of drug-likeness (QED) is 0.616. The molecule has 0 atom stereocenters. The van der Waals surface area contributed by atoms with E-state index in [0.717, 1.165) is 18.2 Å². The van der Waals surface area contributed by atoms with Crippen LogP contribution in [0.4, 0.5) is 8.78 Å². The van der Waals surface area contributed by atoms with Crippen LogP contribution in [0.25, 0.3) is 6.08 Å². The molecule has 1 radical (unpaired) electrons. The minimum absolute atomic E-state index is 0.428. The largest absolute Gasteiger partial charge is 0.286 e. The van der Waals surface area contributed by atoms with Crippen molar-refractivity contribution >= 4 is 12.4 Å². The number of hydrogen-bond acceptors (Lipinski definition) is 1. The van der Waals surface area contributed by atoms with Gasteiger partial charge in [0.25, 0.3) is 0 Å². The summed E-state index contributed by atoms with van der Waals surface area (Å²) >= 11 is 0. The smallest absolute Gasteiger partial charge is 0.225 e. The molecule has 61 valence electrons. The molecule has 1 aromatic carbocycles. The zero-order valence-electron chi connectivity index (χ0n) is 6.05. The molecule has 0 aliphatic heterocycles. The van der Waals surface area contributed by atoms with Gasteiger partial charge in [-0.3, -0.25) is 4.79 Å². The van der Waals surface area contributed by atoms with Crippen molar-refractivity contribution in [1.82, 2.24) is 0 Å². The second kappa shape index (κ2) is 3.76. The fourth-order valence-electron chi connectivity index (χ4n) is 0.746. The Morgan fingerprint density at radius 1 is 1.25 bits per heavy atom. The van der Waals surface area contributed by atoms with E-state index < -0.39 is 11.6 Å². The molecule has 0 heterocycles. The maximum Gasteiger partial charge on any atom is 0.225 e. The first-order valence-electron chi connectivity index (χ1n) is 3.23. The Kier molecular flexibility index (Phi) is 2.69. The SMILES string of the molecule is O=[C]/C=C/c1ccc(F)c(F)c1. The molecular weight excluding hydrogens is 162 g/mol. The van der Waals surface area contributed by atoms with Crippen molar-refractivity contribution < 1.29 is 13.6 Å². The minimum Gasteiger partial charge on any atom is -0.286 e. The van der Waals surface area contributed by atoms with E-state index in [4.69, 9.17) is 0 Å². The molecule has 0 unspecified atom stereocenters. The number of allylic oxidation sites excluding steroid dienone is 1. The molecule has 0 aliphatic carbocycles. The van der Waals surface area contributed by atoms with E-state index in [1.54, 1.807) is 0 Å². The average Bonchev–Trinajstić information content (AvgIpc) is 2.07. The van der Waals surface area contributed by atoms with Crippen molar-refractivity contribution in [3.8, 4) is 0 Å². The van der Waals surface area contributed by atoms with Gasteiger partial charge in [-0.2, -0.15) is 0 Å². The third-order valence-corrected chi connectivity index (χ3v) is 1.29. The topological polar surface area (TPSA) is 17.1 Å². The first kappa shape index (κ1) is 8.59. The van der Waals surface area contributed by atoms with Crippen LogP contribution < -0.4 is 0 Å². The molecule has 0 saturated carbocycles. The predicted molar refractivity (Wildman–Crippen MR) is 41.1 cm³/mol.